The van der Waals surface area contributed by atoms with Gasteiger partial charge in [0.15, 0.2) is 5.76 Å². The van der Waals surface area contributed by atoms with Crippen LogP contribution in [0.5, 0.6) is 5.75 Å². The molecule has 5 nitrogen and oxygen atoms in total. The maximum absolute atomic E-state index is 12.4. The number of carbonyl (C=O) groups excluding carboxylic acids is 1. The molecule has 1 aliphatic heterocycles. The summed E-state index contributed by atoms with van der Waals surface area (Å²) in [5.41, 5.74) is 1.25. The smallest absolute Gasteiger partial charge is 0.301 e. The number of phenolic OH excluding ortho intramolecular Hbond substituents is 1. The number of aromatic hydroxyl groups is 1. The minimum absolute atomic E-state index is 0.0575. The lowest BCUT2D eigenvalue weighted by Gasteiger charge is -2.10. The maximum Gasteiger partial charge on any atom is 0.301 e. The van der Waals surface area contributed by atoms with E-state index in [-0.39, 0.29) is 22.6 Å². The van der Waals surface area contributed by atoms with Gasteiger partial charge in [-0.1, -0.05) is 6.07 Å². The molecule has 0 unspecified atom stereocenters. The molecule has 2 heterocycles. The van der Waals surface area contributed by atoms with Gasteiger partial charge in [-0.15, -0.1) is 0 Å². The first-order chi connectivity index (χ1) is 10.6. The van der Waals surface area contributed by atoms with Crippen molar-refractivity contribution in [3.8, 4) is 5.75 Å². The highest BCUT2D eigenvalue weighted by molar-refractivity contribution is 9.10. The fourth-order valence-electron chi connectivity index (χ4n) is 1.94. The molecular weight excluding hydrogens is 368 g/mol. The van der Waals surface area contributed by atoms with Crippen molar-refractivity contribution in [3.63, 3.8) is 0 Å². The van der Waals surface area contributed by atoms with E-state index in [1.807, 2.05) is 0 Å². The minimum atomic E-state index is -0.359. The van der Waals surface area contributed by atoms with Crippen molar-refractivity contribution in [1.29, 1.82) is 0 Å². The summed E-state index contributed by atoms with van der Waals surface area (Å²) in [6.07, 6.45) is 4.71. The lowest BCUT2D eigenvalue weighted by molar-refractivity contribution is -0.114. The average molecular weight is 377 g/mol. The van der Waals surface area contributed by atoms with Crippen LogP contribution in [0.2, 0.25) is 0 Å². The number of carbonyl (C=O) groups is 1. The number of amides is 1. The molecule has 110 valence electrons. The molecular formula is C15H9BrN2O3S. The Morgan fingerprint density at radius 3 is 2.86 bits per heavy atom. The quantitative estimate of drug-likeness (QED) is 0.643. The van der Waals surface area contributed by atoms with E-state index in [1.165, 1.54) is 17.2 Å². The minimum Gasteiger partial charge on any atom is -0.507 e. The van der Waals surface area contributed by atoms with Crippen LogP contribution in [0.1, 0.15) is 5.56 Å². The first-order valence-corrected chi connectivity index (χ1v) is 7.43. The Balaban J connectivity index is 1.93. The van der Waals surface area contributed by atoms with E-state index >= 15 is 0 Å². The van der Waals surface area contributed by atoms with Crippen LogP contribution >= 0.6 is 28.1 Å². The second-order valence-corrected chi connectivity index (χ2v) is 5.64. The maximum atomic E-state index is 12.4. The van der Waals surface area contributed by atoms with E-state index < -0.39 is 0 Å². The van der Waals surface area contributed by atoms with Crippen molar-refractivity contribution in [2.24, 2.45) is 0 Å². The van der Waals surface area contributed by atoms with Crippen LogP contribution in [0.25, 0.3) is 6.08 Å². The zero-order valence-corrected chi connectivity index (χ0v) is 13.5. The van der Waals surface area contributed by atoms with Crippen LogP contribution in [0.15, 0.2) is 53.0 Å². The van der Waals surface area contributed by atoms with E-state index in [4.69, 9.17) is 17.0 Å². The molecule has 0 spiro atoms. The largest absolute Gasteiger partial charge is 0.507 e. The first kappa shape index (κ1) is 14.7. The lowest BCUT2D eigenvalue weighted by Crippen LogP contribution is -2.28. The second-order valence-electron chi connectivity index (χ2n) is 4.44. The van der Waals surface area contributed by atoms with Crippen molar-refractivity contribution in [2.45, 2.75) is 0 Å². The fourth-order valence-corrected chi connectivity index (χ4v) is 2.62. The van der Waals surface area contributed by atoms with E-state index in [0.717, 1.165) is 0 Å². The number of phenols is 1. The summed E-state index contributed by atoms with van der Waals surface area (Å²) in [5, 5.41) is 9.55. The van der Waals surface area contributed by atoms with Gasteiger partial charge in [-0.25, -0.2) is 4.90 Å². The molecule has 2 aromatic rings. The zero-order chi connectivity index (χ0) is 15.7. The van der Waals surface area contributed by atoms with Crippen molar-refractivity contribution in [2.75, 3.05) is 4.90 Å². The van der Waals surface area contributed by atoms with Crippen LogP contribution in [0, 0.1) is 0 Å². The Labute approximate surface area is 140 Å². The molecule has 0 atom stereocenters. The predicted octanol–water partition coefficient (Wildman–Crippen LogP) is 3.24. The van der Waals surface area contributed by atoms with Crippen LogP contribution in [0.4, 0.5) is 5.69 Å². The van der Waals surface area contributed by atoms with Gasteiger partial charge in [-0.2, -0.15) is 0 Å². The van der Waals surface area contributed by atoms with Gasteiger partial charge in [-0.05, 0) is 64.1 Å². The van der Waals surface area contributed by atoms with Crippen molar-refractivity contribution < 1.29 is 14.6 Å². The van der Waals surface area contributed by atoms with Crippen LogP contribution < -0.4 is 4.90 Å². The number of nitrogens with zero attached hydrogens (tertiary/aromatic N) is 2. The Morgan fingerprint density at radius 2 is 2.18 bits per heavy atom. The highest BCUT2D eigenvalue weighted by Gasteiger charge is 2.34. The number of thiocarbonyl (C=S) groups is 1. The van der Waals surface area contributed by atoms with Crippen molar-refractivity contribution in [1.82, 2.24) is 4.98 Å². The number of rotatable bonds is 2. The average Bonchev–Trinajstić information content (AvgIpc) is 2.78. The summed E-state index contributed by atoms with van der Waals surface area (Å²) in [7, 11) is 0. The first-order valence-electron chi connectivity index (χ1n) is 6.23. The fraction of sp³-hybridized carbons (Fsp3) is 0. The Bertz CT molecular complexity index is 793. The van der Waals surface area contributed by atoms with Gasteiger partial charge in [0.25, 0.3) is 5.17 Å². The second kappa shape index (κ2) is 5.86. The molecule has 22 heavy (non-hydrogen) atoms. The highest BCUT2D eigenvalue weighted by Crippen LogP contribution is 2.28. The van der Waals surface area contributed by atoms with Gasteiger partial charge >= 0.3 is 5.91 Å². The molecule has 1 aliphatic rings. The standard InChI is InChI=1S/C15H9BrN2O3S/c16-11-6-9(3-4-12(11)19)7-13-14(20)18(15(22)21-13)10-2-1-5-17-8-10/h1-8,19H/b13-7+. The number of anilines is 1. The topological polar surface area (TPSA) is 62.7 Å². The summed E-state index contributed by atoms with van der Waals surface area (Å²) in [6, 6.07) is 8.30. The van der Waals surface area contributed by atoms with Crippen molar-refractivity contribution in [3.05, 3.63) is 58.5 Å². The number of halogens is 1. The predicted molar refractivity (Wildman–Crippen MR) is 89.2 cm³/mol. The number of hydrogen-bond donors (Lipinski definition) is 1. The summed E-state index contributed by atoms with van der Waals surface area (Å²) in [6.45, 7) is 0. The lowest BCUT2D eigenvalue weighted by atomic mass is 10.2. The number of hydrogen-bond acceptors (Lipinski definition) is 5. The number of aromatic nitrogens is 1. The summed E-state index contributed by atoms with van der Waals surface area (Å²) in [5.74, 6) is -0.123. The summed E-state index contributed by atoms with van der Waals surface area (Å²) < 4.78 is 5.90. The molecule has 0 radical (unpaired) electrons. The molecule has 7 heteroatoms. The molecule has 0 aliphatic carbocycles. The van der Waals surface area contributed by atoms with Crippen LogP contribution in [-0.4, -0.2) is 21.2 Å². The highest BCUT2D eigenvalue weighted by atomic mass is 79.9. The molecule has 1 aromatic heterocycles. The van der Waals surface area contributed by atoms with E-state index in [1.54, 1.807) is 36.5 Å². The van der Waals surface area contributed by atoms with E-state index in [9.17, 15) is 9.90 Å². The van der Waals surface area contributed by atoms with Gasteiger partial charge in [0.2, 0.25) is 0 Å². The van der Waals surface area contributed by atoms with Gasteiger partial charge in [0.1, 0.15) is 5.75 Å². The van der Waals surface area contributed by atoms with Crippen molar-refractivity contribution >= 4 is 51.0 Å². The third-order valence-corrected chi connectivity index (χ3v) is 3.87. The normalized spacial score (nSPS) is 16.2. The van der Waals surface area contributed by atoms with Gasteiger partial charge in [0.05, 0.1) is 16.4 Å². The van der Waals surface area contributed by atoms with Gasteiger partial charge in [0, 0.05) is 6.20 Å². The molecule has 0 saturated carbocycles. The molecule has 1 N–H and O–H groups in total. The Morgan fingerprint density at radius 1 is 1.36 bits per heavy atom. The number of benzene rings is 1. The monoisotopic (exact) mass is 376 g/mol. The molecule has 3 rings (SSSR count). The summed E-state index contributed by atoms with van der Waals surface area (Å²) in [4.78, 5) is 17.7. The van der Waals surface area contributed by atoms with E-state index in [0.29, 0.717) is 15.7 Å². The zero-order valence-electron chi connectivity index (χ0n) is 11.1. The number of ether oxygens (including phenoxy) is 1. The van der Waals surface area contributed by atoms with Crippen LogP contribution in [-0.2, 0) is 9.53 Å². The van der Waals surface area contributed by atoms with Gasteiger partial charge < -0.3 is 9.84 Å². The SMILES string of the molecule is O=C1/C(=C\c2ccc(O)c(Br)c2)OC(=S)N1c1cccnc1. The molecule has 1 saturated heterocycles. The third-order valence-electron chi connectivity index (χ3n) is 2.97. The molecule has 1 amide bonds. The van der Waals surface area contributed by atoms with E-state index in [2.05, 4.69) is 20.9 Å². The number of pyridine rings is 1. The third kappa shape index (κ3) is 2.72. The van der Waals surface area contributed by atoms with Gasteiger partial charge in [-0.3, -0.25) is 9.78 Å². The van der Waals surface area contributed by atoms with Crippen LogP contribution in [0.3, 0.4) is 0 Å². The summed E-state index contributed by atoms with van der Waals surface area (Å²) >= 11 is 8.33. The molecule has 1 fully saturated rings. The molecule has 1 aromatic carbocycles. The molecule has 0 bridgehead atoms. The Kier molecular flexibility index (Phi) is 3.91. The Hall–Kier alpha value is -2.25.